The zero-order chi connectivity index (χ0) is 19.4. The Morgan fingerprint density at radius 3 is 2.89 bits per heavy atom. The van der Waals surface area contributed by atoms with Crippen LogP contribution < -0.4 is 0 Å². The Morgan fingerprint density at radius 1 is 1.18 bits per heavy atom. The van der Waals surface area contributed by atoms with E-state index in [9.17, 15) is 4.79 Å². The molecule has 0 aromatic heterocycles. The van der Waals surface area contributed by atoms with Crippen molar-refractivity contribution in [3.8, 4) is 0 Å². The zero-order valence-corrected chi connectivity index (χ0v) is 17.8. The summed E-state index contributed by atoms with van der Waals surface area (Å²) in [6, 6.07) is 0. The van der Waals surface area contributed by atoms with E-state index < -0.39 is 0 Å². The van der Waals surface area contributed by atoms with Crippen LogP contribution >= 0.6 is 0 Å². The Labute approximate surface area is 171 Å². The normalized spacial score (nSPS) is 45.8. The van der Waals surface area contributed by atoms with E-state index in [1.54, 1.807) is 0 Å². The highest BCUT2D eigenvalue weighted by Crippen LogP contribution is 2.72. The lowest BCUT2D eigenvalue weighted by atomic mass is 9.46. The highest BCUT2D eigenvalue weighted by molar-refractivity contribution is 5.69. The molecule has 2 heteroatoms. The first-order valence-electron chi connectivity index (χ1n) is 12.1. The number of hydrogen-bond acceptors (Lipinski definition) is 2. The smallest absolute Gasteiger partial charge is 0.306 e. The number of carbonyl (C=O) groups excluding carboxylic acids is 1. The number of allylic oxidation sites excluding steroid dienone is 3. The molecule has 0 N–H and O–H groups in total. The van der Waals surface area contributed by atoms with Crippen LogP contribution in [0.25, 0.3) is 0 Å². The second-order valence-electron chi connectivity index (χ2n) is 10.9. The average Bonchev–Trinajstić information content (AvgIpc) is 3.26. The zero-order valence-electron chi connectivity index (χ0n) is 17.8. The van der Waals surface area contributed by atoms with Crippen LogP contribution in [0.5, 0.6) is 0 Å². The van der Waals surface area contributed by atoms with E-state index in [0.29, 0.717) is 17.3 Å². The summed E-state index contributed by atoms with van der Waals surface area (Å²) in [4.78, 5) is 12.3. The third kappa shape index (κ3) is 2.92. The molecular weight excluding hydrogens is 344 g/mol. The topological polar surface area (TPSA) is 26.3 Å². The Balaban J connectivity index is 1.18. The maximum absolute atomic E-state index is 12.3. The van der Waals surface area contributed by atoms with Gasteiger partial charge in [-0.1, -0.05) is 24.6 Å². The Morgan fingerprint density at radius 2 is 2.07 bits per heavy atom. The van der Waals surface area contributed by atoms with Crippen molar-refractivity contribution in [2.24, 2.45) is 34.5 Å². The van der Waals surface area contributed by atoms with Crippen LogP contribution in [0.2, 0.25) is 0 Å². The van der Waals surface area contributed by atoms with Crippen LogP contribution in [0.3, 0.4) is 0 Å². The summed E-state index contributed by atoms with van der Waals surface area (Å²) < 4.78 is 5.92. The summed E-state index contributed by atoms with van der Waals surface area (Å²) in [6.07, 6.45) is 20.4. The molecule has 1 spiro atoms. The van der Waals surface area contributed by atoms with Gasteiger partial charge in [0.15, 0.2) is 0 Å². The first-order chi connectivity index (χ1) is 13.6. The Bertz CT molecular complexity index is 678. The van der Waals surface area contributed by atoms with Crippen LogP contribution in [-0.2, 0) is 9.53 Å². The molecule has 6 unspecified atom stereocenters. The molecule has 5 rings (SSSR count). The highest BCUT2D eigenvalue weighted by Gasteiger charge is 2.63. The van der Waals surface area contributed by atoms with Gasteiger partial charge in [0.05, 0.1) is 0 Å². The molecule has 0 aromatic carbocycles. The van der Waals surface area contributed by atoms with Gasteiger partial charge in [-0.25, -0.2) is 0 Å². The largest absolute Gasteiger partial charge is 0.462 e. The number of ether oxygens (including phenoxy) is 1. The highest BCUT2D eigenvalue weighted by atomic mass is 16.5. The monoisotopic (exact) mass is 382 g/mol. The van der Waals surface area contributed by atoms with Crippen molar-refractivity contribution in [3.63, 3.8) is 0 Å². The lowest BCUT2D eigenvalue weighted by Gasteiger charge is -2.59. The molecule has 0 saturated heterocycles. The average molecular weight is 383 g/mol. The number of carbonyl (C=O) groups is 1. The van der Waals surface area contributed by atoms with E-state index in [1.165, 1.54) is 44.9 Å². The van der Waals surface area contributed by atoms with Gasteiger partial charge in [0.2, 0.25) is 0 Å². The van der Waals surface area contributed by atoms with Gasteiger partial charge in [0.25, 0.3) is 0 Å². The molecule has 0 amide bonds. The molecule has 0 aliphatic heterocycles. The van der Waals surface area contributed by atoms with Gasteiger partial charge in [-0.15, -0.1) is 6.58 Å². The molecule has 5 aliphatic carbocycles. The molecule has 154 valence electrons. The van der Waals surface area contributed by atoms with E-state index in [1.807, 2.05) is 11.6 Å². The summed E-state index contributed by atoms with van der Waals surface area (Å²) in [5, 5.41) is 0. The molecule has 0 heterocycles. The van der Waals surface area contributed by atoms with E-state index in [2.05, 4.69) is 19.6 Å². The van der Waals surface area contributed by atoms with Crippen molar-refractivity contribution in [1.29, 1.82) is 0 Å². The second kappa shape index (κ2) is 7.03. The van der Waals surface area contributed by atoms with Gasteiger partial charge in [-0.2, -0.15) is 0 Å². The molecular formula is C26H38O2. The summed E-state index contributed by atoms with van der Waals surface area (Å²) in [6.45, 7) is 6.36. The summed E-state index contributed by atoms with van der Waals surface area (Å²) in [7, 11) is 0. The predicted octanol–water partition coefficient (Wildman–Crippen LogP) is 6.61. The molecule has 0 radical (unpaired) electrons. The molecule has 5 aliphatic rings. The molecule has 2 nitrogen and oxygen atoms in total. The Hall–Kier alpha value is -1.05. The Kier molecular flexibility index (Phi) is 4.75. The van der Waals surface area contributed by atoms with Crippen molar-refractivity contribution in [2.45, 2.75) is 96.5 Å². The van der Waals surface area contributed by atoms with Crippen LogP contribution in [0, 0.1) is 34.5 Å². The minimum atomic E-state index is 0.0317. The third-order valence-electron chi connectivity index (χ3n) is 9.75. The number of esters is 1. The van der Waals surface area contributed by atoms with Gasteiger partial charge in [0.1, 0.15) is 6.10 Å². The fraction of sp³-hybridized carbons (Fsp3) is 0.808. The number of unbranched alkanes of at least 4 members (excludes halogenated alkanes) is 2. The fourth-order valence-corrected chi connectivity index (χ4v) is 8.24. The lowest BCUT2D eigenvalue weighted by molar-refractivity contribution is -0.160. The van der Waals surface area contributed by atoms with Crippen molar-refractivity contribution in [1.82, 2.24) is 0 Å². The number of hydrogen-bond donors (Lipinski definition) is 0. The third-order valence-corrected chi connectivity index (χ3v) is 9.75. The summed E-state index contributed by atoms with van der Waals surface area (Å²) >= 11 is 0. The molecule has 0 bridgehead atoms. The van der Waals surface area contributed by atoms with Crippen LogP contribution in [0.4, 0.5) is 0 Å². The maximum atomic E-state index is 12.3. The van der Waals surface area contributed by atoms with Gasteiger partial charge in [-0.3, -0.25) is 4.79 Å². The van der Waals surface area contributed by atoms with Gasteiger partial charge in [-0.05, 0) is 106 Å². The molecule has 4 saturated carbocycles. The van der Waals surface area contributed by atoms with Crippen molar-refractivity contribution >= 4 is 5.97 Å². The van der Waals surface area contributed by atoms with Crippen LogP contribution in [-0.4, -0.2) is 12.1 Å². The minimum absolute atomic E-state index is 0.0317. The maximum Gasteiger partial charge on any atom is 0.306 e. The standard InChI is InChI=1S/C26H38O2/c1-3-4-5-6-7-24(27)28-20-12-14-25(2)18(16-20)8-10-21-22(25)13-15-26-17-19(26)9-11-23(21)26/h3,17-18,20-23H,1,4-16H2,2H3/t18?,20?,21?,22?,23-,25?,26?/m0/s1. The molecule has 7 atom stereocenters. The van der Waals surface area contributed by atoms with Gasteiger partial charge in [0, 0.05) is 11.8 Å². The summed E-state index contributed by atoms with van der Waals surface area (Å²) in [5.41, 5.74) is 2.93. The second-order valence-corrected chi connectivity index (χ2v) is 10.9. The molecule has 28 heavy (non-hydrogen) atoms. The minimum Gasteiger partial charge on any atom is -0.462 e. The first kappa shape index (κ1) is 18.9. The van der Waals surface area contributed by atoms with E-state index in [0.717, 1.165) is 55.8 Å². The van der Waals surface area contributed by atoms with Gasteiger partial charge >= 0.3 is 5.97 Å². The van der Waals surface area contributed by atoms with Crippen molar-refractivity contribution < 1.29 is 9.53 Å². The van der Waals surface area contributed by atoms with Crippen LogP contribution in [0.1, 0.15) is 90.4 Å². The van der Waals surface area contributed by atoms with E-state index >= 15 is 0 Å². The van der Waals surface area contributed by atoms with Crippen molar-refractivity contribution in [3.05, 3.63) is 24.3 Å². The predicted molar refractivity (Wildman–Crippen MR) is 113 cm³/mol. The summed E-state index contributed by atoms with van der Waals surface area (Å²) in [5.74, 6) is 3.67. The number of rotatable bonds is 6. The fourth-order valence-electron chi connectivity index (χ4n) is 8.24. The van der Waals surface area contributed by atoms with Crippen LogP contribution in [0.15, 0.2) is 24.3 Å². The lowest BCUT2D eigenvalue weighted by Crippen LogP contribution is -2.52. The quantitative estimate of drug-likeness (QED) is 0.293. The SMILES string of the molecule is C=CCCCCC(=O)OC1CCC2(C)C(CCC3C2CCC24C=C2CC[C@@H]34)C1. The number of fused-ring (bicyclic) bond motifs is 4. The van der Waals surface area contributed by atoms with Crippen molar-refractivity contribution in [2.75, 3.05) is 0 Å². The molecule has 0 aromatic rings. The van der Waals surface area contributed by atoms with Gasteiger partial charge < -0.3 is 4.74 Å². The van der Waals surface area contributed by atoms with E-state index in [-0.39, 0.29) is 12.1 Å². The first-order valence-corrected chi connectivity index (χ1v) is 12.1. The van der Waals surface area contributed by atoms with E-state index in [4.69, 9.17) is 4.74 Å². The molecule has 4 fully saturated rings.